The first-order valence-electron chi connectivity index (χ1n) is 8.47. The maximum Gasteiger partial charge on any atom is 0.187 e. The zero-order valence-corrected chi connectivity index (χ0v) is 14.7. The van der Waals surface area contributed by atoms with Crippen molar-refractivity contribution in [3.63, 3.8) is 0 Å². The van der Waals surface area contributed by atoms with Crippen molar-refractivity contribution in [2.45, 2.75) is 37.6 Å². The molecular weight excluding hydrogens is 358 g/mol. The van der Waals surface area contributed by atoms with Gasteiger partial charge in [0.05, 0.1) is 19.5 Å². The number of anilines is 1. The summed E-state index contributed by atoms with van der Waals surface area (Å²) in [6.07, 6.45) is -1.58. The molecule has 3 heterocycles. The Morgan fingerprint density at radius 2 is 2.07 bits per heavy atom. The number of hydrogen-bond donors (Lipinski definition) is 6. The molecule has 1 aliphatic rings. The third kappa shape index (κ3) is 4.40. The van der Waals surface area contributed by atoms with Gasteiger partial charge in [-0.25, -0.2) is 15.0 Å². The fourth-order valence-electron chi connectivity index (χ4n) is 2.70. The van der Waals surface area contributed by atoms with E-state index in [1.54, 1.807) is 6.33 Å². The molecule has 27 heavy (non-hydrogen) atoms. The lowest BCUT2D eigenvalue weighted by molar-refractivity contribution is -0.299. The second-order valence-corrected chi connectivity index (χ2v) is 6.26. The first kappa shape index (κ1) is 19.6. The highest BCUT2D eigenvalue weighted by molar-refractivity contribution is 5.81. The number of imidazole rings is 1. The van der Waals surface area contributed by atoms with Crippen LogP contribution < -0.4 is 5.32 Å². The number of aromatic nitrogens is 4. The molecule has 6 N–H and O–H groups in total. The Balaban J connectivity index is 1.51. The van der Waals surface area contributed by atoms with Crippen LogP contribution in [0.5, 0.6) is 0 Å². The summed E-state index contributed by atoms with van der Waals surface area (Å²) in [7, 11) is 0. The number of ether oxygens (including phenoxy) is 2. The molecule has 0 aliphatic carbocycles. The van der Waals surface area contributed by atoms with E-state index < -0.39 is 37.3 Å². The van der Waals surface area contributed by atoms with Crippen molar-refractivity contribution in [1.82, 2.24) is 19.9 Å². The number of nitrogens with zero attached hydrogens (tertiary/aromatic N) is 3. The third-order valence-electron chi connectivity index (χ3n) is 4.27. The van der Waals surface area contributed by atoms with Gasteiger partial charge in [0.25, 0.3) is 0 Å². The van der Waals surface area contributed by atoms with Crippen molar-refractivity contribution in [1.29, 1.82) is 0 Å². The summed E-state index contributed by atoms with van der Waals surface area (Å²) in [5, 5.41) is 41.8. The van der Waals surface area contributed by atoms with Crippen LogP contribution in [0.2, 0.25) is 0 Å². The van der Waals surface area contributed by atoms with E-state index in [0.29, 0.717) is 23.5 Å². The standard InChI is InChI=1S/C16H23N5O6/c1-8(2-3-17-14-10-15(19-6-18-10)21-7-20-14)5-26-16-13(25)12(24)11(23)9(4-22)27-16/h2,6-7,9,11-13,16,22-25H,3-5H2,1H3,(H2,17,18,19,20,21)/b8-2+/t9-,11-,12+,13-,16?/m1/s1. The van der Waals surface area contributed by atoms with E-state index in [4.69, 9.17) is 9.47 Å². The van der Waals surface area contributed by atoms with E-state index in [2.05, 4.69) is 25.3 Å². The minimum Gasteiger partial charge on any atom is -0.394 e. The van der Waals surface area contributed by atoms with Gasteiger partial charge in [-0.3, -0.25) is 0 Å². The predicted octanol–water partition coefficient (Wildman–Crippen LogP) is -1.47. The van der Waals surface area contributed by atoms with Crippen molar-refractivity contribution in [3.8, 4) is 0 Å². The zero-order chi connectivity index (χ0) is 19.4. The van der Waals surface area contributed by atoms with Crippen molar-refractivity contribution in [3.05, 3.63) is 24.3 Å². The molecule has 0 spiro atoms. The lowest BCUT2D eigenvalue weighted by Gasteiger charge is -2.39. The number of aromatic amines is 1. The van der Waals surface area contributed by atoms with Crippen LogP contribution in [0.4, 0.5) is 5.82 Å². The van der Waals surface area contributed by atoms with E-state index in [1.807, 2.05) is 13.0 Å². The molecule has 5 atom stereocenters. The number of H-pyrrole nitrogens is 1. The Hall–Kier alpha value is -2.15. The number of nitrogens with one attached hydrogen (secondary N) is 2. The maximum atomic E-state index is 9.94. The summed E-state index contributed by atoms with van der Waals surface area (Å²) in [4.78, 5) is 15.2. The molecule has 1 saturated heterocycles. The first-order valence-corrected chi connectivity index (χ1v) is 8.47. The Morgan fingerprint density at radius 1 is 1.26 bits per heavy atom. The predicted molar refractivity (Wildman–Crippen MR) is 93.6 cm³/mol. The van der Waals surface area contributed by atoms with Crippen molar-refractivity contribution in [2.75, 3.05) is 25.1 Å². The molecule has 1 unspecified atom stereocenters. The molecule has 0 radical (unpaired) electrons. The number of rotatable bonds is 7. The van der Waals surface area contributed by atoms with E-state index in [9.17, 15) is 20.4 Å². The fourth-order valence-corrected chi connectivity index (χ4v) is 2.70. The van der Waals surface area contributed by atoms with Crippen LogP contribution in [0.25, 0.3) is 11.2 Å². The average Bonchev–Trinajstić information content (AvgIpc) is 3.15. The largest absolute Gasteiger partial charge is 0.394 e. The summed E-state index contributed by atoms with van der Waals surface area (Å²) < 4.78 is 10.8. The quantitative estimate of drug-likeness (QED) is 0.312. The smallest absolute Gasteiger partial charge is 0.187 e. The minimum absolute atomic E-state index is 0.133. The minimum atomic E-state index is -1.46. The highest BCUT2D eigenvalue weighted by Gasteiger charge is 2.43. The van der Waals surface area contributed by atoms with Gasteiger partial charge in [0.15, 0.2) is 17.8 Å². The lowest BCUT2D eigenvalue weighted by Crippen LogP contribution is -2.59. The zero-order valence-electron chi connectivity index (χ0n) is 14.7. The molecular formula is C16H23N5O6. The molecule has 11 heteroatoms. The van der Waals surface area contributed by atoms with Crippen molar-refractivity contribution >= 4 is 17.0 Å². The van der Waals surface area contributed by atoms with E-state index in [0.717, 1.165) is 5.57 Å². The molecule has 0 bridgehead atoms. The molecule has 0 saturated carbocycles. The molecule has 2 aromatic rings. The molecule has 0 amide bonds. The molecule has 148 valence electrons. The number of hydrogen-bond acceptors (Lipinski definition) is 10. The van der Waals surface area contributed by atoms with Crippen molar-refractivity contribution in [2.24, 2.45) is 0 Å². The summed E-state index contributed by atoms with van der Waals surface area (Å²) in [5.74, 6) is 0.622. The van der Waals surface area contributed by atoms with Gasteiger partial charge in [0.2, 0.25) is 0 Å². The van der Waals surface area contributed by atoms with Gasteiger partial charge in [-0.05, 0) is 12.5 Å². The van der Waals surface area contributed by atoms with Crippen LogP contribution in [0.15, 0.2) is 24.3 Å². The number of fused-ring (bicyclic) bond motifs is 1. The van der Waals surface area contributed by atoms with E-state index in [1.165, 1.54) is 6.33 Å². The SMILES string of the molecule is C/C(=C\CNc1ncnc2nc[nH]c12)COC1O[C@H](CO)[C@@H](O)[C@H](O)[C@H]1O. The summed E-state index contributed by atoms with van der Waals surface area (Å²) >= 11 is 0. The van der Waals surface area contributed by atoms with Gasteiger partial charge in [-0.15, -0.1) is 0 Å². The second-order valence-electron chi connectivity index (χ2n) is 6.26. The molecule has 2 aromatic heterocycles. The van der Waals surface area contributed by atoms with Gasteiger partial charge >= 0.3 is 0 Å². The number of aliphatic hydroxyl groups excluding tert-OH is 4. The third-order valence-corrected chi connectivity index (χ3v) is 4.27. The normalized spacial score (nSPS) is 29.2. The topological polar surface area (TPSA) is 166 Å². The van der Waals surface area contributed by atoms with Gasteiger partial charge in [-0.1, -0.05) is 6.08 Å². The summed E-state index contributed by atoms with van der Waals surface area (Å²) in [5.41, 5.74) is 2.12. The lowest BCUT2D eigenvalue weighted by atomic mass is 9.99. The van der Waals surface area contributed by atoms with Gasteiger partial charge in [0, 0.05) is 6.54 Å². The van der Waals surface area contributed by atoms with Crippen LogP contribution in [-0.2, 0) is 9.47 Å². The molecule has 0 aromatic carbocycles. The van der Waals surface area contributed by atoms with Gasteiger partial charge in [0.1, 0.15) is 36.3 Å². The molecule has 1 fully saturated rings. The Kier molecular flexibility index (Phi) is 6.31. The highest BCUT2D eigenvalue weighted by Crippen LogP contribution is 2.22. The van der Waals surface area contributed by atoms with E-state index >= 15 is 0 Å². The van der Waals surface area contributed by atoms with Gasteiger partial charge < -0.3 is 40.2 Å². The molecule has 3 rings (SSSR count). The Bertz CT molecular complexity index is 782. The summed E-state index contributed by atoms with van der Waals surface area (Å²) in [6.45, 7) is 1.94. The van der Waals surface area contributed by atoms with Crippen molar-refractivity contribution < 1.29 is 29.9 Å². The molecule has 11 nitrogen and oxygen atoms in total. The van der Waals surface area contributed by atoms with Crippen LogP contribution in [0.3, 0.4) is 0 Å². The first-order chi connectivity index (χ1) is 13.0. The number of aliphatic hydroxyl groups is 4. The Morgan fingerprint density at radius 3 is 2.85 bits per heavy atom. The Labute approximate surface area is 154 Å². The average molecular weight is 381 g/mol. The van der Waals surface area contributed by atoms with E-state index in [-0.39, 0.29) is 6.61 Å². The van der Waals surface area contributed by atoms with Crippen LogP contribution in [0, 0.1) is 0 Å². The van der Waals surface area contributed by atoms with Crippen LogP contribution in [-0.4, -0.2) is 90.8 Å². The van der Waals surface area contributed by atoms with Gasteiger partial charge in [-0.2, -0.15) is 0 Å². The fraction of sp³-hybridized carbons (Fsp3) is 0.562. The van der Waals surface area contributed by atoms with Crippen LogP contribution >= 0.6 is 0 Å². The monoisotopic (exact) mass is 381 g/mol. The molecule has 1 aliphatic heterocycles. The maximum absolute atomic E-state index is 9.94. The second kappa shape index (κ2) is 8.69. The highest BCUT2D eigenvalue weighted by atomic mass is 16.7. The summed E-state index contributed by atoms with van der Waals surface area (Å²) in [6, 6.07) is 0. The van der Waals surface area contributed by atoms with Crippen LogP contribution in [0.1, 0.15) is 6.92 Å².